The Morgan fingerprint density at radius 1 is 1.18 bits per heavy atom. The molecule has 4 rings (SSSR count). The van der Waals surface area contributed by atoms with Crippen LogP contribution in [0, 0.1) is 0 Å². The first-order valence-corrected chi connectivity index (χ1v) is 10.4. The fraction of sp³-hybridized carbons (Fsp3) is 0.211. The normalized spacial score (nSPS) is 11.5. The Labute approximate surface area is 170 Å². The summed E-state index contributed by atoms with van der Waals surface area (Å²) in [7, 11) is 0. The van der Waals surface area contributed by atoms with Crippen molar-refractivity contribution >= 4 is 34.4 Å². The predicted molar refractivity (Wildman–Crippen MR) is 111 cm³/mol. The molecule has 0 fully saturated rings. The zero-order valence-electron chi connectivity index (χ0n) is 15.6. The average Bonchev–Trinajstić information content (AvgIpc) is 3.41. The summed E-state index contributed by atoms with van der Waals surface area (Å²) in [6, 6.07) is 5.57. The van der Waals surface area contributed by atoms with E-state index in [0.717, 1.165) is 16.3 Å². The summed E-state index contributed by atoms with van der Waals surface area (Å²) >= 11 is 3.04. The Balaban J connectivity index is 1.65. The molecule has 1 N–H and O–H groups in total. The summed E-state index contributed by atoms with van der Waals surface area (Å²) in [6.07, 6.45) is 3.28. The second-order valence-corrected chi connectivity index (χ2v) is 8.77. The van der Waals surface area contributed by atoms with E-state index in [1.54, 1.807) is 39.9 Å². The second-order valence-electron chi connectivity index (χ2n) is 7.13. The SMILES string of the molecule is CC(C)(C)c1cc(NC(=O)c2csc(-c3ccsc3)n2)n(-c2ncccn2)n1. The van der Waals surface area contributed by atoms with E-state index in [2.05, 4.69) is 46.1 Å². The third-order valence-electron chi connectivity index (χ3n) is 3.97. The van der Waals surface area contributed by atoms with Gasteiger partial charge >= 0.3 is 0 Å². The molecule has 4 heterocycles. The van der Waals surface area contributed by atoms with Gasteiger partial charge < -0.3 is 5.32 Å². The lowest BCUT2D eigenvalue weighted by Gasteiger charge is -2.13. The van der Waals surface area contributed by atoms with Gasteiger partial charge in [0.05, 0.1) is 5.69 Å². The minimum atomic E-state index is -0.296. The van der Waals surface area contributed by atoms with Crippen LogP contribution >= 0.6 is 22.7 Å². The number of nitrogens with one attached hydrogen (secondary N) is 1. The summed E-state index contributed by atoms with van der Waals surface area (Å²) in [5.41, 5.74) is 2.02. The quantitative estimate of drug-likeness (QED) is 0.539. The largest absolute Gasteiger partial charge is 0.305 e. The van der Waals surface area contributed by atoms with Crippen molar-refractivity contribution in [1.82, 2.24) is 24.7 Å². The maximum Gasteiger partial charge on any atom is 0.276 e. The minimum absolute atomic E-state index is 0.188. The average molecular weight is 411 g/mol. The molecule has 0 spiro atoms. The number of thiophene rings is 1. The van der Waals surface area contributed by atoms with Gasteiger partial charge in [-0.25, -0.2) is 15.0 Å². The first-order valence-electron chi connectivity index (χ1n) is 8.59. The monoisotopic (exact) mass is 410 g/mol. The first-order chi connectivity index (χ1) is 13.4. The number of anilines is 1. The molecule has 0 aliphatic carbocycles. The Morgan fingerprint density at radius 2 is 1.96 bits per heavy atom. The molecule has 0 radical (unpaired) electrons. The van der Waals surface area contributed by atoms with E-state index in [1.165, 1.54) is 11.3 Å². The van der Waals surface area contributed by atoms with Gasteiger partial charge in [0.25, 0.3) is 11.9 Å². The van der Waals surface area contributed by atoms with E-state index in [4.69, 9.17) is 0 Å². The van der Waals surface area contributed by atoms with Crippen LogP contribution in [-0.4, -0.2) is 30.6 Å². The van der Waals surface area contributed by atoms with E-state index in [9.17, 15) is 4.79 Å². The molecule has 1 amide bonds. The van der Waals surface area contributed by atoms with E-state index >= 15 is 0 Å². The predicted octanol–water partition coefficient (Wildman–Crippen LogP) is 4.40. The molecule has 0 unspecified atom stereocenters. The van der Waals surface area contributed by atoms with Crippen LogP contribution in [0.3, 0.4) is 0 Å². The molecule has 0 bridgehead atoms. The van der Waals surface area contributed by atoms with Crippen molar-refractivity contribution in [2.45, 2.75) is 26.2 Å². The van der Waals surface area contributed by atoms with E-state index in [1.807, 2.05) is 22.9 Å². The second kappa shape index (κ2) is 7.25. The van der Waals surface area contributed by atoms with Gasteiger partial charge in [-0.1, -0.05) is 20.8 Å². The summed E-state index contributed by atoms with van der Waals surface area (Å²) in [5, 5.41) is 14.1. The maximum atomic E-state index is 12.8. The van der Waals surface area contributed by atoms with Crippen molar-refractivity contribution in [3.8, 4) is 16.5 Å². The molecule has 4 aromatic heterocycles. The minimum Gasteiger partial charge on any atom is -0.305 e. The highest BCUT2D eigenvalue weighted by Gasteiger charge is 2.23. The summed E-state index contributed by atoms with van der Waals surface area (Å²) in [5.74, 6) is 0.604. The molecular weight excluding hydrogens is 392 g/mol. The van der Waals surface area contributed by atoms with Crippen molar-refractivity contribution < 1.29 is 4.79 Å². The molecule has 0 saturated heterocycles. The number of rotatable bonds is 4. The van der Waals surface area contributed by atoms with Gasteiger partial charge in [0.1, 0.15) is 16.5 Å². The van der Waals surface area contributed by atoms with Crippen LogP contribution in [0.4, 0.5) is 5.82 Å². The number of carbonyl (C=O) groups is 1. The van der Waals surface area contributed by atoms with E-state index in [-0.39, 0.29) is 11.3 Å². The van der Waals surface area contributed by atoms with E-state index in [0.29, 0.717) is 17.5 Å². The Hall–Kier alpha value is -2.91. The highest BCUT2D eigenvalue weighted by atomic mass is 32.1. The van der Waals surface area contributed by atoms with Gasteiger partial charge in [-0.05, 0) is 17.5 Å². The Bertz CT molecular complexity index is 1090. The zero-order valence-corrected chi connectivity index (χ0v) is 17.2. The fourth-order valence-corrected chi connectivity index (χ4v) is 3.98. The topological polar surface area (TPSA) is 85.6 Å². The maximum absolute atomic E-state index is 12.8. The van der Waals surface area contributed by atoms with E-state index < -0.39 is 0 Å². The number of hydrogen-bond acceptors (Lipinski definition) is 7. The molecule has 28 heavy (non-hydrogen) atoms. The van der Waals surface area contributed by atoms with Crippen LogP contribution in [0.2, 0.25) is 0 Å². The number of amides is 1. The van der Waals surface area contributed by atoms with Gasteiger partial charge in [0.15, 0.2) is 0 Å². The molecule has 4 aromatic rings. The number of nitrogens with zero attached hydrogens (tertiary/aromatic N) is 5. The van der Waals surface area contributed by atoms with Crippen LogP contribution in [0.5, 0.6) is 0 Å². The molecule has 0 aliphatic rings. The molecule has 9 heteroatoms. The van der Waals surface area contributed by atoms with Crippen LogP contribution in [0.25, 0.3) is 16.5 Å². The van der Waals surface area contributed by atoms with Gasteiger partial charge in [-0.3, -0.25) is 4.79 Å². The van der Waals surface area contributed by atoms with Crippen molar-refractivity contribution in [2.75, 3.05) is 5.32 Å². The standard InChI is InChI=1S/C19H18N6OS2/c1-19(2,3)14-9-15(25(24-14)18-20-6-4-7-21-18)23-16(26)13-11-28-17(22-13)12-5-8-27-10-12/h4-11H,1-3H3,(H,23,26). The third kappa shape index (κ3) is 3.71. The Morgan fingerprint density at radius 3 is 2.64 bits per heavy atom. The molecule has 0 aliphatic heterocycles. The summed E-state index contributed by atoms with van der Waals surface area (Å²) in [4.78, 5) is 25.7. The van der Waals surface area contributed by atoms with Crippen LogP contribution < -0.4 is 5.32 Å². The van der Waals surface area contributed by atoms with Gasteiger partial charge in [-0.2, -0.15) is 21.1 Å². The van der Waals surface area contributed by atoms with Gasteiger partial charge in [-0.15, -0.1) is 11.3 Å². The Kier molecular flexibility index (Phi) is 4.78. The van der Waals surface area contributed by atoms with Crippen molar-refractivity contribution in [3.05, 3.63) is 58.1 Å². The molecule has 7 nitrogen and oxygen atoms in total. The van der Waals surface area contributed by atoms with Crippen molar-refractivity contribution in [1.29, 1.82) is 0 Å². The smallest absolute Gasteiger partial charge is 0.276 e. The molecule has 142 valence electrons. The number of aromatic nitrogens is 5. The van der Waals surface area contributed by atoms with Crippen LogP contribution in [0.1, 0.15) is 37.0 Å². The highest BCUT2D eigenvalue weighted by molar-refractivity contribution is 7.14. The van der Waals surface area contributed by atoms with Crippen LogP contribution in [0.15, 0.2) is 46.7 Å². The fourth-order valence-electron chi connectivity index (χ4n) is 2.47. The number of carbonyl (C=O) groups excluding carboxylic acids is 1. The third-order valence-corrected chi connectivity index (χ3v) is 5.54. The lowest BCUT2D eigenvalue weighted by molar-refractivity contribution is 0.102. The van der Waals surface area contributed by atoms with Crippen molar-refractivity contribution in [2.24, 2.45) is 0 Å². The zero-order chi connectivity index (χ0) is 19.7. The molecule has 0 saturated carbocycles. The highest BCUT2D eigenvalue weighted by Crippen LogP contribution is 2.28. The number of thiazole rings is 1. The molecular formula is C19H18N6OS2. The first kappa shape index (κ1) is 18.5. The number of hydrogen-bond donors (Lipinski definition) is 1. The molecule has 0 atom stereocenters. The lowest BCUT2D eigenvalue weighted by atomic mass is 9.92. The summed E-state index contributed by atoms with van der Waals surface area (Å²) < 4.78 is 1.55. The van der Waals surface area contributed by atoms with Gasteiger partial charge in [0, 0.05) is 40.2 Å². The van der Waals surface area contributed by atoms with Crippen molar-refractivity contribution in [3.63, 3.8) is 0 Å². The lowest BCUT2D eigenvalue weighted by Crippen LogP contribution is -2.16. The summed E-state index contributed by atoms with van der Waals surface area (Å²) in [6.45, 7) is 6.18. The van der Waals surface area contributed by atoms with Crippen LogP contribution in [-0.2, 0) is 5.41 Å². The van der Waals surface area contributed by atoms with Gasteiger partial charge in [0.2, 0.25) is 0 Å². The molecule has 0 aromatic carbocycles.